The number of ketones is 1. The number of Topliss-reactive ketones (excluding diaryl/α,β-unsaturated/α-hetero) is 1. The fourth-order valence-electron chi connectivity index (χ4n) is 2.40. The molecule has 0 radical (unpaired) electrons. The summed E-state index contributed by atoms with van der Waals surface area (Å²) in [5.41, 5.74) is -1.44. The Morgan fingerprint density at radius 3 is 2.45 bits per heavy atom. The van der Waals surface area contributed by atoms with Gasteiger partial charge in [0.1, 0.15) is 12.2 Å². The van der Waals surface area contributed by atoms with Crippen molar-refractivity contribution in [2.75, 3.05) is 6.61 Å². The molecule has 0 aliphatic carbocycles. The van der Waals surface area contributed by atoms with Gasteiger partial charge in [0.25, 0.3) is 5.79 Å². The number of hydrogen-bond donors (Lipinski definition) is 4. The van der Waals surface area contributed by atoms with E-state index < -0.39 is 36.0 Å². The first-order valence-electron chi connectivity index (χ1n) is 6.27. The molecule has 4 N–H and O–H groups in total. The molecule has 1 aliphatic heterocycles. The van der Waals surface area contributed by atoms with Crippen LogP contribution in [0.1, 0.15) is 22.8 Å². The van der Waals surface area contributed by atoms with Crippen LogP contribution in [0.2, 0.25) is 0 Å². The van der Waals surface area contributed by atoms with E-state index in [-0.39, 0.29) is 5.56 Å². The Balaban J connectivity index is 2.45. The molecule has 0 unspecified atom stereocenters. The van der Waals surface area contributed by atoms with E-state index in [0.29, 0.717) is 5.56 Å². The summed E-state index contributed by atoms with van der Waals surface area (Å²) < 4.78 is 5.05. The zero-order chi connectivity index (χ0) is 15.1. The summed E-state index contributed by atoms with van der Waals surface area (Å²) in [5.74, 6) is -3.46. The first-order chi connectivity index (χ1) is 9.25. The van der Waals surface area contributed by atoms with Crippen molar-refractivity contribution in [1.29, 1.82) is 0 Å². The number of aliphatic hydroxyl groups excluding tert-OH is 2. The molecule has 0 bridgehead atoms. The van der Waals surface area contributed by atoms with Gasteiger partial charge in [0.2, 0.25) is 5.78 Å². The normalized spacial score (nSPS) is 37.1. The van der Waals surface area contributed by atoms with Gasteiger partial charge in [-0.15, -0.1) is 0 Å². The Kier molecular flexibility index (Phi) is 3.70. The van der Waals surface area contributed by atoms with E-state index in [4.69, 9.17) is 9.84 Å². The summed E-state index contributed by atoms with van der Waals surface area (Å²) >= 11 is 0. The molecular weight excluding hydrogens is 264 g/mol. The van der Waals surface area contributed by atoms with Crippen LogP contribution in [0.15, 0.2) is 24.3 Å². The zero-order valence-corrected chi connectivity index (χ0v) is 11.3. The molecule has 2 rings (SSSR count). The van der Waals surface area contributed by atoms with Crippen LogP contribution in [0.25, 0.3) is 0 Å². The monoisotopic (exact) mass is 282 g/mol. The maximum absolute atomic E-state index is 12.5. The van der Waals surface area contributed by atoms with Gasteiger partial charge >= 0.3 is 0 Å². The highest BCUT2D eigenvalue weighted by atomic mass is 16.7. The van der Waals surface area contributed by atoms with E-state index in [1.807, 2.05) is 0 Å². The average molecular weight is 282 g/mol. The number of aryl methyl sites for hydroxylation is 1. The van der Waals surface area contributed by atoms with Gasteiger partial charge in [-0.1, -0.05) is 24.3 Å². The van der Waals surface area contributed by atoms with Crippen LogP contribution in [0.4, 0.5) is 0 Å². The quantitative estimate of drug-likeness (QED) is 0.550. The van der Waals surface area contributed by atoms with E-state index in [2.05, 4.69) is 0 Å². The predicted octanol–water partition coefficient (Wildman–Crippen LogP) is -0.631. The molecule has 20 heavy (non-hydrogen) atoms. The molecule has 1 saturated heterocycles. The molecule has 0 aromatic heterocycles. The average Bonchev–Trinajstić information content (AvgIpc) is 2.60. The molecule has 110 valence electrons. The van der Waals surface area contributed by atoms with Crippen LogP contribution in [-0.2, 0) is 4.74 Å². The first-order valence-corrected chi connectivity index (χ1v) is 6.27. The highest BCUT2D eigenvalue weighted by molar-refractivity contribution is 6.03. The molecule has 0 amide bonds. The van der Waals surface area contributed by atoms with Crippen molar-refractivity contribution >= 4 is 5.78 Å². The van der Waals surface area contributed by atoms with Gasteiger partial charge < -0.3 is 25.2 Å². The second-order valence-electron chi connectivity index (χ2n) is 5.22. The number of aliphatic hydroxyl groups is 4. The van der Waals surface area contributed by atoms with Gasteiger partial charge in [-0.25, -0.2) is 0 Å². The van der Waals surface area contributed by atoms with Gasteiger partial charge in [0.05, 0.1) is 6.61 Å². The Bertz CT molecular complexity index is 526. The highest BCUT2D eigenvalue weighted by Crippen LogP contribution is 2.40. The van der Waals surface area contributed by atoms with Gasteiger partial charge in [-0.3, -0.25) is 4.79 Å². The number of hydrogen-bond acceptors (Lipinski definition) is 6. The third-order valence-corrected chi connectivity index (χ3v) is 3.81. The van der Waals surface area contributed by atoms with Crippen LogP contribution < -0.4 is 0 Å². The van der Waals surface area contributed by atoms with Crippen LogP contribution in [0.5, 0.6) is 0 Å². The SMILES string of the molecule is Cc1ccccc1C(=O)[C@]1(O)O[C@H](CO)[C@@H](O)[C@@]1(C)O. The Labute approximate surface area is 116 Å². The molecular formula is C14H18O6. The number of carbonyl (C=O) groups excluding carboxylic acids is 1. The van der Waals surface area contributed by atoms with Gasteiger partial charge in [0, 0.05) is 5.56 Å². The second-order valence-corrected chi connectivity index (χ2v) is 5.22. The minimum atomic E-state index is -2.61. The van der Waals surface area contributed by atoms with Gasteiger partial charge in [0.15, 0.2) is 5.60 Å². The molecule has 1 aliphatic rings. The number of ether oxygens (including phenoxy) is 1. The van der Waals surface area contributed by atoms with Crippen LogP contribution in [-0.4, -0.2) is 56.4 Å². The van der Waals surface area contributed by atoms with Crippen molar-refractivity contribution in [3.63, 3.8) is 0 Å². The molecule has 1 aromatic carbocycles. The zero-order valence-electron chi connectivity index (χ0n) is 11.3. The van der Waals surface area contributed by atoms with Gasteiger partial charge in [-0.2, -0.15) is 0 Å². The van der Waals surface area contributed by atoms with Crippen molar-refractivity contribution in [2.24, 2.45) is 0 Å². The molecule has 1 heterocycles. The van der Waals surface area contributed by atoms with Crippen molar-refractivity contribution in [3.8, 4) is 0 Å². The van der Waals surface area contributed by atoms with E-state index >= 15 is 0 Å². The molecule has 4 atom stereocenters. The highest BCUT2D eigenvalue weighted by Gasteiger charge is 2.66. The van der Waals surface area contributed by atoms with Gasteiger partial charge in [-0.05, 0) is 19.4 Å². The largest absolute Gasteiger partial charge is 0.394 e. The summed E-state index contributed by atoms with van der Waals surface area (Å²) in [7, 11) is 0. The maximum Gasteiger partial charge on any atom is 0.263 e. The van der Waals surface area contributed by atoms with E-state index in [0.717, 1.165) is 6.92 Å². The minimum absolute atomic E-state index is 0.182. The lowest BCUT2D eigenvalue weighted by molar-refractivity contribution is -0.226. The van der Waals surface area contributed by atoms with Crippen LogP contribution in [0.3, 0.4) is 0 Å². The van der Waals surface area contributed by atoms with Crippen molar-refractivity contribution in [2.45, 2.75) is 37.4 Å². The lowest BCUT2D eigenvalue weighted by Gasteiger charge is -2.33. The summed E-state index contributed by atoms with van der Waals surface area (Å²) in [4.78, 5) is 12.5. The van der Waals surface area contributed by atoms with Crippen LogP contribution in [0, 0.1) is 6.92 Å². The van der Waals surface area contributed by atoms with Crippen molar-refractivity contribution < 1.29 is 30.0 Å². The fraction of sp³-hybridized carbons (Fsp3) is 0.500. The molecule has 1 fully saturated rings. The molecule has 6 nitrogen and oxygen atoms in total. The number of benzene rings is 1. The second kappa shape index (κ2) is 4.91. The lowest BCUT2D eigenvalue weighted by Crippen LogP contribution is -2.59. The number of rotatable bonds is 3. The Morgan fingerprint density at radius 1 is 1.35 bits per heavy atom. The van der Waals surface area contributed by atoms with E-state index in [1.165, 1.54) is 6.07 Å². The standard InChI is InChI=1S/C14H18O6/c1-8-5-3-4-6-9(8)11(16)14(19)13(2,18)12(17)10(7-15)20-14/h3-6,10,12,15,17-19H,7H2,1-2H3/t10-,12-,13-,14+/m1/s1. The Morgan fingerprint density at radius 2 is 1.95 bits per heavy atom. The summed E-state index contributed by atoms with van der Waals surface area (Å²) in [5, 5.41) is 39.7. The van der Waals surface area contributed by atoms with Crippen molar-refractivity contribution in [1.82, 2.24) is 0 Å². The van der Waals surface area contributed by atoms with Crippen LogP contribution >= 0.6 is 0 Å². The maximum atomic E-state index is 12.5. The summed E-state index contributed by atoms with van der Waals surface area (Å²) in [6.45, 7) is 2.16. The Hall–Kier alpha value is -1.31. The molecule has 0 saturated carbocycles. The molecule has 1 aromatic rings. The van der Waals surface area contributed by atoms with E-state index in [1.54, 1.807) is 25.1 Å². The summed E-state index contributed by atoms with van der Waals surface area (Å²) in [6.07, 6.45) is -2.81. The predicted molar refractivity (Wildman–Crippen MR) is 69.0 cm³/mol. The molecule has 0 spiro atoms. The third-order valence-electron chi connectivity index (χ3n) is 3.81. The lowest BCUT2D eigenvalue weighted by atomic mass is 9.84. The summed E-state index contributed by atoms with van der Waals surface area (Å²) in [6, 6.07) is 6.52. The molecule has 6 heteroatoms. The van der Waals surface area contributed by atoms with E-state index in [9.17, 15) is 20.1 Å². The smallest absolute Gasteiger partial charge is 0.263 e. The minimum Gasteiger partial charge on any atom is -0.394 e. The van der Waals surface area contributed by atoms with Crippen molar-refractivity contribution in [3.05, 3.63) is 35.4 Å². The fourth-order valence-corrected chi connectivity index (χ4v) is 2.40. The third kappa shape index (κ3) is 1.97. The number of carbonyl (C=O) groups is 1. The topological polar surface area (TPSA) is 107 Å². The first kappa shape index (κ1) is 15.1.